The minimum Gasteiger partial charge on any atom is -0.348 e. The fourth-order valence-corrected chi connectivity index (χ4v) is 2.23. The molecule has 0 aromatic carbocycles. The lowest BCUT2D eigenvalue weighted by molar-refractivity contribution is -0.127. The van der Waals surface area contributed by atoms with E-state index in [-0.39, 0.29) is 17.4 Å². The number of amides is 1. The third kappa shape index (κ3) is 5.34. The molecule has 1 rings (SSSR count). The van der Waals surface area contributed by atoms with Crippen LogP contribution in [0.2, 0.25) is 0 Å². The Morgan fingerprint density at radius 3 is 2.56 bits per heavy atom. The molecule has 0 spiro atoms. The van der Waals surface area contributed by atoms with Gasteiger partial charge in [-0.25, -0.2) is 0 Å². The van der Waals surface area contributed by atoms with Gasteiger partial charge in [-0.15, -0.1) is 0 Å². The molecule has 4 heteroatoms. The Labute approximate surface area is 110 Å². The van der Waals surface area contributed by atoms with Gasteiger partial charge >= 0.3 is 0 Å². The van der Waals surface area contributed by atoms with Crippen molar-refractivity contribution in [2.45, 2.75) is 51.5 Å². The zero-order valence-electron chi connectivity index (χ0n) is 11.7. The van der Waals surface area contributed by atoms with Gasteiger partial charge in [0.2, 0.25) is 5.91 Å². The van der Waals surface area contributed by atoms with E-state index in [1.165, 1.54) is 19.3 Å². The maximum Gasteiger partial charge on any atom is 0.223 e. The molecule has 0 aromatic rings. The van der Waals surface area contributed by atoms with Crippen LogP contribution in [0.3, 0.4) is 0 Å². The highest BCUT2D eigenvalue weighted by Crippen LogP contribution is 2.24. The maximum atomic E-state index is 12.1. The normalized spacial score (nSPS) is 18.4. The smallest absolute Gasteiger partial charge is 0.223 e. The van der Waals surface area contributed by atoms with Crippen molar-refractivity contribution < 1.29 is 4.79 Å². The SMILES string of the molecule is CN/N=C\C=C\C(C)(C)NC(=O)C1CCCCC1. The Morgan fingerprint density at radius 2 is 1.94 bits per heavy atom. The summed E-state index contributed by atoms with van der Waals surface area (Å²) in [5, 5.41) is 6.96. The van der Waals surface area contributed by atoms with Gasteiger partial charge in [0.25, 0.3) is 0 Å². The second-order valence-electron chi connectivity index (χ2n) is 5.41. The first-order valence-corrected chi connectivity index (χ1v) is 6.75. The van der Waals surface area contributed by atoms with Crippen LogP contribution < -0.4 is 10.7 Å². The van der Waals surface area contributed by atoms with Gasteiger partial charge in [-0.2, -0.15) is 5.10 Å². The van der Waals surface area contributed by atoms with E-state index in [4.69, 9.17) is 0 Å². The van der Waals surface area contributed by atoms with Crippen molar-refractivity contribution in [2.75, 3.05) is 7.05 Å². The van der Waals surface area contributed by atoms with Crippen molar-refractivity contribution in [1.82, 2.24) is 10.7 Å². The molecule has 102 valence electrons. The topological polar surface area (TPSA) is 53.5 Å². The predicted molar refractivity (Wildman–Crippen MR) is 75.5 cm³/mol. The number of rotatable bonds is 5. The third-order valence-corrected chi connectivity index (χ3v) is 3.22. The van der Waals surface area contributed by atoms with Crippen molar-refractivity contribution in [3.8, 4) is 0 Å². The van der Waals surface area contributed by atoms with Gasteiger partial charge in [-0.3, -0.25) is 4.79 Å². The monoisotopic (exact) mass is 251 g/mol. The van der Waals surface area contributed by atoms with Crippen LogP contribution in [0.4, 0.5) is 0 Å². The zero-order valence-corrected chi connectivity index (χ0v) is 11.7. The van der Waals surface area contributed by atoms with E-state index < -0.39 is 0 Å². The van der Waals surface area contributed by atoms with Gasteiger partial charge in [-0.1, -0.05) is 25.3 Å². The average Bonchev–Trinajstić information content (AvgIpc) is 2.35. The zero-order chi connectivity index (χ0) is 13.4. The third-order valence-electron chi connectivity index (χ3n) is 3.22. The van der Waals surface area contributed by atoms with E-state index in [0.29, 0.717) is 0 Å². The molecule has 0 bridgehead atoms. The number of carbonyl (C=O) groups excluding carboxylic acids is 1. The minimum absolute atomic E-state index is 0.190. The molecule has 0 radical (unpaired) electrons. The highest BCUT2D eigenvalue weighted by atomic mass is 16.2. The highest BCUT2D eigenvalue weighted by molar-refractivity contribution is 5.80. The van der Waals surface area contributed by atoms with Crippen molar-refractivity contribution in [1.29, 1.82) is 0 Å². The minimum atomic E-state index is -0.325. The first kappa shape index (κ1) is 14.7. The Kier molecular flexibility index (Phi) is 5.89. The number of carbonyl (C=O) groups is 1. The summed E-state index contributed by atoms with van der Waals surface area (Å²) < 4.78 is 0. The molecule has 1 saturated carbocycles. The van der Waals surface area contributed by atoms with Crippen LogP contribution in [-0.4, -0.2) is 24.7 Å². The van der Waals surface area contributed by atoms with Crippen LogP contribution in [0.25, 0.3) is 0 Å². The summed E-state index contributed by atoms with van der Waals surface area (Å²) in [4.78, 5) is 12.1. The summed E-state index contributed by atoms with van der Waals surface area (Å²) in [6, 6.07) is 0. The number of nitrogens with one attached hydrogen (secondary N) is 2. The maximum absolute atomic E-state index is 12.1. The second-order valence-corrected chi connectivity index (χ2v) is 5.41. The molecule has 0 saturated heterocycles. The molecule has 1 amide bonds. The number of nitrogens with zero attached hydrogens (tertiary/aromatic N) is 1. The molecule has 0 atom stereocenters. The summed E-state index contributed by atoms with van der Waals surface area (Å²) in [7, 11) is 1.75. The van der Waals surface area contributed by atoms with Crippen molar-refractivity contribution in [2.24, 2.45) is 11.0 Å². The molecule has 0 heterocycles. The quantitative estimate of drug-likeness (QED) is 0.581. The van der Waals surface area contributed by atoms with Crippen LogP contribution in [0.1, 0.15) is 46.0 Å². The van der Waals surface area contributed by atoms with Gasteiger partial charge in [0.05, 0.1) is 5.54 Å². The molecule has 0 aliphatic heterocycles. The van der Waals surface area contributed by atoms with Crippen LogP contribution in [0, 0.1) is 5.92 Å². The standard InChI is InChI=1S/C14H25N3O/c1-14(2,10-7-11-16-15-3)17-13(18)12-8-5-4-6-9-12/h7,10-12,15H,4-6,8-9H2,1-3H3,(H,17,18)/b10-7+,16-11-. The van der Waals surface area contributed by atoms with Gasteiger partial charge in [0.15, 0.2) is 0 Å². The van der Waals surface area contributed by atoms with Crippen LogP contribution in [0.15, 0.2) is 17.3 Å². The fraction of sp³-hybridized carbons (Fsp3) is 0.714. The first-order valence-electron chi connectivity index (χ1n) is 6.75. The number of hydrogen-bond donors (Lipinski definition) is 2. The van der Waals surface area contributed by atoms with E-state index in [0.717, 1.165) is 12.8 Å². The molecule has 4 nitrogen and oxygen atoms in total. The molecular formula is C14H25N3O. The van der Waals surface area contributed by atoms with Crippen LogP contribution in [0.5, 0.6) is 0 Å². The van der Waals surface area contributed by atoms with Gasteiger partial charge < -0.3 is 10.7 Å². The molecule has 18 heavy (non-hydrogen) atoms. The summed E-state index contributed by atoms with van der Waals surface area (Å²) in [6.45, 7) is 3.99. The largest absolute Gasteiger partial charge is 0.348 e. The van der Waals surface area contributed by atoms with Crippen molar-refractivity contribution >= 4 is 12.1 Å². The Bertz CT molecular complexity index is 315. The predicted octanol–water partition coefficient (Wildman–Crippen LogP) is 2.22. The molecule has 1 aliphatic rings. The molecule has 2 N–H and O–H groups in total. The average molecular weight is 251 g/mol. The lowest BCUT2D eigenvalue weighted by atomic mass is 9.88. The first-order chi connectivity index (χ1) is 8.55. The van der Waals surface area contributed by atoms with Crippen LogP contribution >= 0.6 is 0 Å². The molecule has 0 unspecified atom stereocenters. The van der Waals surface area contributed by atoms with E-state index in [2.05, 4.69) is 15.8 Å². The summed E-state index contributed by atoms with van der Waals surface area (Å²) in [6.07, 6.45) is 11.2. The van der Waals surface area contributed by atoms with Gasteiger partial charge in [0, 0.05) is 19.2 Å². The Morgan fingerprint density at radius 1 is 1.28 bits per heavy atom. The second kappa shape index (κ2) is 7.19. The van der Waals surface area contributed by atoms with Gasteiger partial charge in [0.1, 0.15) is 0 Å². The van der Waals surface area contributed by atoms with Gasteiger partial charge in [-0.05, 0) is 32.8 Å². The number of allylic oxidation sites excluding steroid dienone is 1. The Hall–Kier alpha value is -1.32. The lowest BCUT2D eigenvalue weighted by Crippen LogP contribution is -2.45. The molecular weight excluding hydrogens is 226 g/mol. The lowest BCUT2D eigenvalue weighted by Gasteiger charge is -2.27. The fourth-order valence-electron chi connectivity index (χ4n) is 2.23. The van der Waals surface area contributed by atoms with Crippen molar-refractivity contribution in [3.63, 3.8) is 0 Å². The van der Waals surface area contributed by atoms with E-state index in [1.807, 2.05) is 26.0 Å². The Balaban J connectivity index is 2.45. The number of hydrogen-bond acceptors (Lipinski definition) is 3. The summed E-state index contributed by atoms with van der Waals surface area (Å²) in [5.74, 6) is 0.396. The van der Waals surface area contributed by atoms with E-state index in [1.54, 1.807) is 13.3 Å². The summed E-state index contributed by atoms with van der Waals surface area (Å²) in [5.41, 5.74) is 2.35. The number of hydrazone groups is 1. The van der Waals surface area contributed by atoms with E-state index >= 15 is 0 Å². The highest BCUT2D eigenvalue weighted by Gasteiger charge is 2.25. The summed E-state index contributed by atoms with van der Waals surface area (Å²) >= 11 is 0. The van der Waals surface area contributed by atoms with Crippen LogP contribution in [-0.2, 0) is 4.79 Å². The molecule has 1 fully saturated rings. The van der Waals surface area contributed by atoms with Crippen molar-refractivity contribution in [3.05, 3.63) is 12.2 Å². The molecule has 0 aromatic heterocycles. The molecule has 1 aliphatic carbocycles. The van der Waals surface area contributed by atoms with E-state index in [9.17, 15) is 4.79 Å².